The van der Waals surface area contributed by atoms with Gasteiger partial charge in [0.05, 0.1) is 18.2 Å². The quantitative estimate of drug-likeness (QED) is 0.680. The molecule has 0 aromatic heterocycles. The molecule has 2 aromatic carbocycles. The van der Waals surface area contributed by atoms with Crippen molar-refractivity contribution in [3.8, 4) is 6.07 Å². The third-order valence-corrected chi connectivity index (χ3v) is 4.59. The summed E-state index contributed by atoms with van der Waals surface area (Å²) in [6.45, 7) is 3.04. The van der Waals surface area contributed by atoms with Crippen LogP contribution in [0.25, 0.3) is 0 Å². The maximum atomic E-state index is 12.9. The van der Waals surface area contributed by atoms with Gasteiger partial charge in [0.2, 0.25) is 0 Å². The van der Waals surface area contributed by atoms with Crippen LogP contribution in [0.2, 0.25) is 0 Å². The molecule has 0 bridgehead atoms. The minimum atomic E-state index is -1.31. The largest absolute Gasteiger partial charge is 0.325 e. The Morgan fingerprint density at radius 1 is 1.19 bits per heavy atom. The molecule has 130 valence electrons. The minimum Gasteiger partial charge on any atom is -0.319 e. The highest BCUT2D eigenvalue weighted by Gasteiger charge is 2.49. The molecule has 6 heteroatoms. The van der Waals surface area contributed by atoms with Crippen LogP contribution in [0.5, 0.6) is 0 Å². The van der Waals surface area contributed by atoms with E-state index in [1.165, 1.54) is 0 Å². The number of benzene rings is 2. The lowest BCUT2D eigenvalue weighted by molar-refractivity contribution is -0.130. The number of carbonyl (C=O) groups is 3. The SMILES string of the molecule is Cc1ccccc1C(=O)CN1C(=O)N[C@@](C)(c2cccc(C#N)c2)C1=O. The van der Waals surface area contributed by atoms with Gasteiger partial charge in [-0.05, 0) is 37.1 Å². The molecule has 1 aliphatic heterocycles. The molecule has 6 nitrogen and oxygen atoms in total. The molecule has 1 N–H and O–H groups in total. The van der Waals surface area contributed by atoms with Crippen LogP contribution >= 0.6 is 0 Å². The Morgan fingerprint density at radius 3 is 2.62 bits per heavy atom. The third kappa shape index (κ3) is 2.84. The van der Waals surface area contributed by atoms with Gasteiger partial charge in [-0.2, -0.15) is 5.26 Å². The lowest BCUT2D eigenvalue weighted by Gasteiger charge is -2.22. The summed E-state index contributed by atoms with van der Waals surface area (Å²) >= 11 is 0. The van der Waals surface area contributed by atoms with E-state index in [2.05, 4.69) is 5.32 Å². The van der Waals surface area contributed by atoms with E-state index in [9.17, 15) is 14.4 Å². The Labute approximate surface area is 151 Å². The van der Waals surface area contributed by atoms with Crippen LogP contribution in [-0.4, -0.2) is 29.2 Å². The van der Waals surface area contributed by atoms with Crippen molar-refractivity contribution in [2.75, 3.05) is 6.54 Å². The monoisotopic (exact) mass is 347 g/mol. The topological polar surface area (TPSA) is 90.3 Å². The second-order valence-corrected chi connectivity index (χ2v) is 6.38. The van der Waals surface area contributed by atoms with Crippen molar-refractivity contribution >= 4 is 17.7 Å². The maximum Gasteiger partial charge on any atom is 0.325 e. The van der Waals surface area contributed by atoms with Crippen molar-refractivity contribution in [1.82, 2.24) is 10.2 Å². The number of nitrogens with zero attached hydrogens (tertiary/aromatic N) is 2. The number of hydrogen-bond acceptors (Lipinski definition) is 4. The number of Topliss-reactive ketones (excluding diaryl/α,β-unsaturated/α-hetero) is 1. The van der Waals surface area contributed by atoms with Crippen molar-refractivity contribution in [1.29, 1.82) is 5.26 Å². The number of amides is 3. The molecule has 1 saturated heterocycles. The van der Waals surface area contributed by atoms with Gasteiger partial charge in [-0.15, -0.1) is 0 Å². The predicted octanol–water partition coefficient (Wildman–Crippen LogP) is 2.52. The van der Waals surface area contributed by atoms with E-state index >= 15 is 0 Å². The Kier molecular flexibility index (Phi) is 4.31. The Hall–Kier alpha value is -3.46. The van der Waals surface area contributed by atoms with Crippen LogP contribution in [0.4, 0.5) is 4.79 Å². The van der Waals surface area contributed by atoms with Crippen LogP contribution in [0.3, 0.4) is 0 Å². The highest BCUT2D eigenvalue weighted by Crippen LogP contribution is 2.29. The minimum absolute atomic E-state index is 0.304. The van der Waals surface area contributed by atoms with E-state index in [0.29, 0.717) is 16.7 Å². The van der Waals surface area contributed by atoms with Crippen molar-refractivity contribution < 1.29 is 14.4 Å². The average Bonchev–Trinajstić information content (AvgIpc) is 2.86. The van der Waals surface area contributed by atoms with Crippen molar-refractivity contribution in [3.05, 3.63) is 70.8 Å². The van der Waals surface area contributed by atoms with E-state index in [4.69, 9.17) is 5.26 Å². The summed E-state index contributed by atoms with van der Waals surface area (Å²) in [6.07, 6.45) is 0. The first-order chi connectivity index (χ1) is 12.4. The molecule has 3 rings (SSSR count). The smallest absolute Gasteiger partial charge is 0.319 e. The van der Waals surface area contributed by atoms with Crippen LogP contribution < -0.4 is 5.32 Å². The highest BCUT2D eigenvalue weighted by molar-refractivity contribution is 6.11. The zero-order chi connectivity index (χ0) is 18.9. The zero-order valence-corrected chi connectivity index (χ0v) is 14.4. The third-order valence-electron chi connectivity index (χ3n) is 4.59. The van der Waals surface area contributed by atoms with E-state index in [-0.39, 0.29) is 12.3 Å². The predicted molar refractivity (Wildman–Crippen MR) is 94.3 cm³/mol. The van der Waals surface area contributed by atoms with E-state index in [1.807, 2.05) is 12.1 Å². The van der Waals surface area contributed by atoms with Crippen molar-refractivity contribution in [3.63, 3.8) is 0 Å². The molecule has 0 unspecified atom stereocenters. The molecule has 0 spiro atoms. The van der Waals surface area contributed by atoms with Gasteiger partial charge in [0.1, 0.15) is 5.54 Å². The first-order valence-corrected chi connectivity index (χ1v) is 8.10. The maximum absolute atomic E-state index is 12.9. The van der Waals surface area contributed by atoms with Gasteiger partial charge >= 0.3 is 6.03 Å². The molecule has 1 aliphatic rings. The number of ketones is 1. The number of nitrogens with one attached hydrogen (secondary N) is 1. The summed E-state index contributed by atoms with van der Waals surface area (Å²) < 4.78 is 0. The molecular formula is C20H17N3O3. The fraction of sp³-hybridized carbons (Fsp3) is 0.200. The summed E-state index contributed by atoms with van der Waals surface area (Å²) in [5, 5.41) is 11.7. The summed E-state index contributed by atoms with van der Waals surface area (Å²) in [5.74, 6) is -0.818. The van der Waals surface area contributed by atoms with Crippen LogP contribution in [0.15, 0.2) is 48.5 Å². The Balaban J connectivity index is 1.88. The van der Waals surface area contributed by atoms with Gasteiger partial charge in [-0.1, -0.05) is 36.4 Å². The molecule has 1 heterocycles. The number of imide groups is 1. The molecular weight excluding hydrogens is 330 g/mol. The lowest BCUT2D eigenvalue weighted by atomic mass is 9.91. The van der Waals surface area contributed by atoms with Gasteiger partial charge in [0.15, 0.2) is 5.78 Å². The Bertz CT molecular complexity index is 961. The lowest BCUT2D eigenvalue weighted by Crippen LogP contribution is -2.41. The number of urea groups is 1. The molecule has 1 fully saturated rings. The van der Waals surface area contributed by atoms with Crippen LogP contribution in [-0.2, 0) is 10.3 Å². The number of carbonyl (C=O) groups excluding carboxylic acids is 3. The van der Waals surface area contributed by atoms with Crippen molar-refractivity contribution in [2.45, 2.75) is 19.4 Å². The molecule has 3 amide bonds. The zero-order valence-electron chi connectivity index (χ0n) is 14.4. The number of rotatable bonds is 4. The van der Waals surface area contributed by atoms with Crippen LogP contribution in [0, 0.1) is 18.3 Å². The van der Waals surface area contributed by atoms with Crippen molar-refractivity contribution in [2.24, 2.45) is 0 Å². The molecule has 1 atom stereocenters. The second-order valence-electron chi connectivity index (χ2n) is 6.38. The first kappa shape index (κ1) is 17.4. The summed E-state index contributed by atoms with van der Waals surface area (Å²) in [7, 11) is 0. The molecule has 2 aromatic rings. The number of aryl methyl sites for hydroxylation is 1. The normalized spacial score (nSPS) is 19.2. The summed E-state index contributed by atoms with van der Waals surface area (Å²) in [4.78, 5) is 38.7. The summed E-state index contributed by atoms with van der Waals surface area (Å²) in [5.41, 5.74) is 0.846. The number of nitriles is 1. The van der Waals surface area contributed by atoms with E-state index in [1.54, 1.807) is 56.3 Å². The Morgan fingerprint density at radius 2 is 1.92 bits per heavy atom. The molecule has 0 saturated carbocycles. The standard InChI is InChI=1S/C20H17N3O3/c1-13-6-3-4-9-16(13)17(24)12-23-18(25)20(2,22-19(23)26)15-8-5-7-14(10-15)11-21/h3-10H,12H2,1-2H3,(H,22,26)/t20-/m0/s1. The highest BCUT2D eigenvalue weighted by atomic mass is 16.2. The molecule has 0 radical (unpaired) electrons. The van der Waals surface area contributed by atoms with E-state index in [0.717, 1.165) is 10.5 Å². The van der Waals surface area contributed by atoms with Gasteiger partial charge in [-0.25, -0.2) is 4.79 Å². The van der Waals surface area contributed by atoms with Crippen LogP contribution in [0.1, 0.15) is 34.0 Å². The van der Waals surface area contributed by atoms with E-state index < -0.39 is 17.5 Å². The fourth-order valence-electron chi connectivity index (χ4n) is 3.05. The average molecular weight is 347 g/mol. The molecule has 26 heavy (non-hydrogen) atoms. The number of hydrogen-bond donors (Lipinski definition) is 1. The molecule has 0 aliphatic carbocycles. The van der Waals surface area contributed by atoms with Gasteiger partial charge in [0.25, 0.3) is 5.91 Å². The summed E-state index contributed by atoms with van der Waals surface area (Å²) in [6, 6.07) is 14.9. The first-order valence-electron chi connectivity index (χ1n) is 8.10. The van der Waals surface area contributed by atoms with Gasteiger partial charge < -0.3 is 5.32 Å². The fourth-order valence-corrected chi connectivity index (χ4v) is 3.05. The second kappa shape index (κ2) is 6.45. The van der Waals surface area contributed by atoms with Gasteiger partial charge in [0, 0.05) is 5.56 Å². The van der Waals surface area contributed by atoms with Gasteiger partial charge in [-0.3, -0.25) is 14.5 Å².